The van der Waals surface area contributed by atoms with Crippen molar-refractivity contribution < 1.29 is 9.60 Å². The lowest BCUT2D eigenvalue weighted by Gasteiger charge is -2.20. The molecule has 4 nitrogen and oxygen atoms in total. The Kier molecular flexibility index (Phi) is 4.04. The third-order valence-electron chi connectivity index (χ3n) is 3.80. The van der Waals surface area contributed by atoms with Crippen molar-refractivity contribution in [2.75, 3.05) is 6.54 Å². The van der Waals surface area contributed by atoms with Crippen LogP contribution in [0.2, 0.25) is 0 Å². The molecule has 1 aliphatic rings. The van der Waals surface area contributed by atoms with Crippen LogP contribution < -0.4 is 11.1 Å². The molecule has 1 aromatic rings. The number of nitrogens with zero attached hydrogens (tertiary/aromatic N) is 1. The van der Waals surface area contributed by atoms with Gasteiger partial charge in [0.05, 0.1) is 0 Å². The Morgan fingerprint density at radius 3 is 2.79 bits per heavy atom. The molecule has 0 spiro atoms. The zero-order valence-electron chi connectivity index (χ0n) is 11.1. The van der Waals surface area contributed by atoms with Gasteiger partial charge < -0.3 is 16.3 Å². The molecule has 1 aliphatic carbocycles. The van der Waals surface area contributed by atoms with E-state index in [0.717, 1.165) is 19.4 Å². The molecule has 0 radical (unpaired) electrons. The van der Waals surface area contributed by atoms with Gasteiger partial charge in [0.2, 0.25) is 0 Å². The quantitative estimate of drug-likeness (QED) is 0.320. The van der Waals surface area contributed by atoms with E-state index in [0.29, 0.717) is 12.0 Å². The van der Waals surface area contributed by atoms with Crippen molar-refractivity contribution in [3.05, 3.63) is 35.6 Å². The van der Waals surface area contributed by atoms with Crippen LogP contribution >= 0.6 is 0 Å². The van der Waals surface area contributed by atoms with Gasteiger partial charge in [0.15, 0.2) is 0 Å². The van der Waals surface area contributed by atoms with Crippen molar-refractivity contribution in [1.29, 1.82) is 0 Å². The molecule has 2 rings (SSSR count). The maximum absolute atomic E-state index is 13.6. The van der Waals surface area contributed by atoms with Gasteiger partial charge >= 0.3 is 0 Å². The van der Waals surface area contributed by atoms with Crippen LogP contribution in [0, 0.1) is 11.2 Å². The largest absolute Gasteiger partial charge is 0.409 e. The number of hydrogen-bond donors (Lipinski definition) is 3. The first-order valence-electron chi connectivity index (χ1n) is 6.50. The fourth-order valence-electron chi connectivity index (χ4n) is 2.32. The molecule has 4 N–H and O–H groups in total. The fourth-order valence-corrected chi connectivity index (χ4v) is 2.32. The van der Waals surface area contributed by atoms with Crippen LogP contribution in [-0.4, -0.2) is 17.6 Å². The van der Waals surface area contributed by atoms with Crippen LogP contribution in [0.15, 0.2) is 29.4 Å². The lowest BCUT2D eigenvalue weighted by molar-refractivity contribution is 0.313. The van der Waals surface area contributed by atoms with E-state index in [1.54, 1.807) is 12.1 Å². The van der Waals surface area contributed by atoms with Crippen molar-refractivity contribution in [2.45, 2.75) is 32.2 Å². The van der Waals surface area contributed by atoms with Gasteiger partial charge in [-0.05, 0) is 31.2 Å². The Morgan fingerprint density at radius 1 is 1.53 bits per heavy atom. The number of nitrogens with one attached hydrogen (secondary N) is 1. The first-order chi connectivity index (χ1) is 9.06. The van der Waals surface area contributed by atoms with Crippen LogP contribution in [0.3, 0.4) is 0 Å². The monoisotopic (exact) mass is 265 g/mol. The fraction of sp³-hybridized carbons (Fsp3) is 0.500. The maximum Gasteiger partial charge on any atom is 0.139 e. The molecule has 0 aromatic heterocycles. The number of nitrogens with two attached hydrogens (primary N) is 1. The second kappa shape index (κ2) is 5.57. The highest BCUT2D eigenvalue weighted by atomic mass is 19.1. The minimum absolute atomic E-state index is 0.0500. The number of amidine groups is 1. The van der Waals surface area contributed by atoms with Crippen LogP contribution in [0.25, 0.3) is 0 Å². The topological polar surface area (TPSA) is 70.6 Å². The van der Waals surface area contributed by atoms with E-state index in [4.69, 9.17) is 10.9 Å². The molecule has 0 aliphatic heterocycles. The van der Waals surface area contributed by atoms with Gasteiger partial charge in [0.1, 0.15) is 11.7 Å². The highest BCUT2D eigenvalue weighted by molar-refractivity contribution is 5.80. The summed E-state index contributed by atoms with van der Waals surface area (Å²) in [5.41, 5.74) is 6.30. The van der Waals surface area contributed by atoms with Crippen LogP contribution in [-0.2, 0) is 0 Å². The predicted molar refractivity (Wildman–Crippen MR) is 72.5 cm³/mol. The zero-order chi connectivity index (χ0) is 13.9. The van der Waals surface area contributed by atoms with Gasteiger partial charge in [-0.2, -0.15) is 0 Å². The summed E-state index contributed by atoms with van der Waals surface area (Å²) in [5.74, 6) is 0.0710. The van der Waals surface area contributed by atoms with E-state index in [-0.39, 0.29) is 23.1 Å². The predicted octanol–water partition coefficient (Wildman–Crippen LogP) is 2.39. The molecule has 1 aromatic carbocycles. The maximum atomic E-state index is 13.6. The lowest BCUT2D eigenvalue weighted by atomic mass is 10.0. The third-order valence-corrected chi connectivity index (χ3v) is 3.80. The summed E-state index contributed by atoms with van der Waals surface area (Å²) < 4.78 is 13.6. The molecule has 104 valence electrons. The molecular weight excluding hydrogens is 245 g/mol. The number of oxime groups is 1. The first-order valence-corrected chi connectivity index (χ1v) is 6.50. The zero-order valence-corrected chi connectivity index (χ0v) is 11.1. The molecule has 0 saturated heterocycles. The van der Waals surface area contributed by atoms with Gasteiger partial charge in [-0.25, -0.2) is 4.39 Å². The minimum Gasteiger partial charge on any atom is -0.409 e. The second-order valence-corrected chi connectivity index (χ2v) is 5.39. The SMILES string of the molecule is CC(NCC1(CC(N)=NO)CC1)c1ccccc1F. The number of halogens is 1. The molecule has 5 heteroatoms. The molecule has 0 bridgehead atoms. The summed E-state index contributed by atoms with van der Waals surface area (Å²) in [7, 11) is 0. The van der Waals surface area contributed by atoms with Crippen LogP contribution in [0.5, 0.6) is 0 Å². The van der Waals surface area contributed by atoms with Crippen LogP contribution in [0.1, 0.15) is 37.8 Å². The molecule has 1 unspecified atom stereocenters. The normalized spacial score (nSPS) is 19.2. The van der Waals surface area contributed by atoms with E-state index >= 15 is 0 Å². The second-order valence-electron chi connectivity index (χ2n) is 5.39. The van der Waals surface area contributed by atoms with E-state index in [1.807, 2.05) is 13.0 Å². The van der Waals surface area contributed by atoms with Crippen molar-refractivity contribution in [3.8, 4) is 0 Å². The van der Waals surface area contributed by atoms with Gasteiger partial charge in [-0.15, -0.1) is 0 Å². The van der Waals surface area contributed by atoms with Gasteiger partial charge in [0, 0.05) is 24.6 Å². The Labute approximate surface area is 112 Å². The van der Waals surface area contributed by atoms with Crippen LogP contribution in [0.4, 0.5) is 4.39 Å². The number of hydrogen-bond acceptors (Lipinski definition) is 3. The standard InChI is InChI=1S/C14H20FN3O/c1-10(11-4-2-3-5-12(11)15)17-9-14(6-7-14)8-13(16)18-19/h2-5,10,17,19H,6-9H2,1H3,(H2,16,18). The van der Waals surface area contributed by atoms with Crippen molar-refractivity contribution in [3.63, 3.8) is 0 Å². The van der Waals surface area contributed by atoms with E-state index in [9.17, 15) is 4.39 Å². The Hall–Kier alpha value is -1.62. The van der Waals surface area contributed by atoms with E-state index < -0.39 is 0 Å². The molecule has 1 atom stereocenters. The molecule has 19 heavy (non-hydrogen) atoms. The van der Waals surface area contributed by atoms with Crippen molar-refractivity contribution in [1.82, 2.24) is 5.32 Å². The average Bonchev–Trinajstić information content (AvgIpc) is 3.16. The highest BCUT2D eigenvalue weighted by Gasteiger charge is 2.43. The Bertz CT molecular complexity index is 472. The lowest BCUT2D eigenvalue weighted by Crippen LogP contribution is -2.30. The summed E-state index contributed by atoms with van der Waals surface area (Å²) in [6, 6.07) is 6.73. The summed E-state index contributed by atoms with van der Waals surface area (Å²) >= 11 is 0. The van der Waals surface area contributed by atoms with Gasteiger partial charge in [-0.3, -0.25) is 0 Å². The molecule has 0 heterocycles. The molecule has 1 saturated carbocycles. The summed E-state index contributed by atoms with van der Waals surface area (Å²) in [6.07, 6.45) is 2.70. The van der Waals surface area contributed by atoms with Crippen molar-refractivity contribution >= 4 is 5.84 Å². The molecule has 1 fully saturated rings. The third kappa shape index (κ3) is 3.44. The van der Waals surface area contributed by atoms with Crippen molar-refractivity contribution in [2.24, 2.45) is 16.3 Å². The minimum atomic E-state index is -0.191. The molecular formula is C14H20FN3O. The van der Waals surface area contributed by atoms with E-state index in [2.05, 4.69) is 10.5 Å². The molecule has 0 amide bonds. The smallest absolute Gasteiger partial charge is 0.139 e. The number of rotatable bonds is 6. The Balaban J connectivity index is 1.91. The first kappa shape index (κ1) is 13.8. The summed E-state index contributed by atoms with van der Waals surface area (Å²) in [5, 5.41) is 15.0. The highest BCUT2D eigenvalue weighted by Crippen LogP contribution is 2.48. The Morgan fingerprint density at radius 2 is 2.21 bits per heavy atom. The van der Waals surface area contributed by atoms with Gasteiger partial charge in [0.25, 0.3) is 0 Å². The van der Waals surface area contributed by atoms with E-state index in [1.165, 1.54) is 6.07 Å². The summed E-state index contributed by atoms with van der Waals surface area (Å²) in [4.78, 5) is 0. The summed E-state index contributed by atoms with van der Waals surface area (Å²) in [6.45, 7) is 2.69. The van der Waals surface area contributed by atoms with Gasteiger partial charge in [-0.1, -0.05) is 23.4 Å². The number of benzene rings is 1. The average molecular weight is 265 g/mol.